The summed E-state index contributed by atoms with van der Waals surface area (Å²) in [6, 6.07) is 0. The van der Waals surface area contributed by atoms with Gasteiger partial charge in [-0.2, -0.15) is 0 Å². The highest BCUT2D eigenvalue weighted by atomic mass is 31.1. The fourth-order valence-corrected chi connectivity index (χ4v) is 3.25. The first-order valence-electron chi connectivity index (χ1n) is 8.89. The molecule has 2 aliphatic rings. The van der Waals surface area contributed by atoms with Gasteiger partial charge in [-0.15, -0.1) is 0 Å². The Hall–Kier alpha value is -1.11. The van der Waals surface area contributed by atoms with Crippen LogP contribution in [0, 0.1) is 0 Å². The number of carbonyl (C=O) groups excluding carboxylic acids is 2. The van der Waals surface area contributed by atoms with Crippen LogP contribution in [0.15, 0.2) is 0 Å². The monoisotopic (exact) mass is 378 g/mol. The summed E-state index contributed by atoms with van der Waals surface area (Å²) in [6.07, 6.45) is 8.65. The highest BCUT2D eigenvalue weighted by Crippen LogP contribution is 2.22. The molecule has 0 N–H and O–H groups in total. The van der Waals surface area contributed by atoms with Gasteiger partial charge in [-0.3, -0.25) is 9.05 Å². The van der Waals surface area contributed by atoms with Gasteiger partial charge in [0.1, 0.15) is 12.2 Å². The molecule has 0 aromatic carbocycles. The van der Waals surface area contributed by atoms with Crippen molar-refractivity contribution in [3.8, 4) is 0 Å². The van der Waals surface area contributed by atoms with Crippen molar-refractivity contribution in [3.05, 3.63) is 0 Å². The van der Waals surface area contributed by atoms with Crippen LogP contribution in [0.1, 0.15) is 64.2 Å². The van der Waals surface area contributed by atoms with Crippen molar-refractivity contribution in [1.82, 2.24) is 0 Å². The molecule has 2 fully saturated rings. The molecule has 8 nitrogen and oxygen atoms in total. The van der Waals surface area contributed by atoms with Gasteiger partial charge in [-0.05, 0) is 51.4 Å². The molecule has 2 saturated carbocycles. The summed E-state index contributed by atoms with van der Waals surface area (Å²) in [5.41, 5.74) is 0. The van der Waals surface area contributed by atoms with Crippen LogP contribution < -0.4 is 0 Å². The molecule has 0 aromatic heterocycles. The Labute approximate surface area is 149 Å². The summed E-state index contributed by atoms with van der Waals surface area (Å²) >= 11 is 0. The number of carbonyl (C=O) groups is 2. The molecule has 0 radical (unpaired) electrons. The normalized spacial score (nSPS) is 19.2. The number of hydrogen-bond acceptors (Lipinski definition) is 8. The minimum absolute atomic E-state index is 0.0523. The molecule has 0 atom stereocenters. The Balaban J connectivity index is 1.38. The largest absolute Gasteiger partial charge is 0.510 e. The average molecular weight is 378 g/mol. The molecule has 144 valence electrons. The lowest BCUT2D eigenvalue weighted by molar-refractivity contribution is -0.0325. The summed E-state index contributed by atoms with van der Waals surface area (Å²) < 4.78 is 29.8. The fraction of sp³-hybridized carbons (Fsp3) is 0.875. The van der Waals surface area contributed by atoms with E-state index in [0.29, 0.717) is 0 Å². The smallest absolute Gasteiger partial charge is 0.431 e. The summed E-state index contributed by atoms with van der Waals surface area (Å²) in [6.45, 7) is -0.535. The van der Waals surface area contributed by atoms with Crippen molar-refractivity contribution in [2.24, 2.45) is 0 Å². The van der Waals surface area contributed by atoms with Crippen LogP contribution in [0.25, 0.3) is 0 Å². The van der Waals surface area contributed by atoms with Crippen LogP contribution in [0.3, 0.4) is 0 Å². The first kappa shape index (κ1) is 20.2. The van der Waals surface area contributed by atoms with Gasteiger partial charge in [0.25, 0.3) is 0 Å². The van der Waals surface area contributed by atoms with E-state index in [2.05, 4.69) is 0 Å². The van der Waals surface area contributed by atoms with Crippen LogP contribution >= 0.6 is 9.03 Å². The van der Waals surface area contributed by atoms with Gasteiger partial charge in [-0.25, -0.2) is 9.59 Å². The Morgan fingerprint density at radius 3 is 1.48 bits per heavy atom. The summed E-state index contributed by atoms with van der Waals surface area (Å²) in [7, 11) is -0.419. The molecule has 25 heavy (non-hydrogen) atoms. The van der Waals surface area contributed by atoms with E-state index in [1.807, 2.05) is 0 Å². The third-order valence-electron chi connectivity index (χ3n) is 4.22. The lowest BCUT2D eigenvalue weighted by Gasteiger charge is -2.21. The molecular formula is C16H27O8P. The fourth-order valence-electron chi connectivity index (χ4n) is 2.95. The first-order valence-corrected chi connectivity index (χ1v) is 9.71. The maximum absolute atomic E-state index is 11.4. The maximum Gasteiger partial charge on any atom is 0.510 e. The van der Waals surface area contributed by atoms with E-state index in [-0.39, 0.29) is 25.8 Å². The van der Waals surface area contributed by atoms with Crippen LogP contribution in [0.2, 0.25) is 0 Å². The second kappa shape index (κ2) is 12.3. The van der Waals surface area contributed by atoms with Crippen molar-refractivity contribution in [1.29, 1.82) is 0 Å². The van der Waals surface area contributed by atoms with Crippen LogP contribution in [-0.4, -0.2) is 38.1 Å². The SMILES string of the molecule is O=C(OCOPOCOC(=O)OC1CCCCC1)OC1CCCCC1. The Kier molecular flexibility index (Phi) is 9.92. The second-order valence-electron chi connectivity index (χ2n) is 6.15. The average Bonchev–Trinajstić information content (AvgIpc) is 2.62. The molecular weight excluding hydrogens is 351 g/mol. The maximum atomic E-state index is 11.4. The van der Waals surface area contributed by atoms with Crippen molar-refractivity contribution in [3.63, 3.8) is 0 Å². The summed E-state index contributed by atoms with van der Waals surface area (Å²) in [5, 5.41) is 0. The Bertz CT molecular complexity index is 358. The third kappa shape index (κ3) is 9.23. The predicted molar refractivity (Wildman–Crippen MR) is 89.1 cm³/mol. The molecule has 0 heterocycles. The zero-order chi connectivity index (χ0) is 17.7. The molecule has 0 saturated heterocycles. The topological polar surface area (TPSA) is 89.5 Å². The molecule has 2 aliphatic carbocycles. The second-order valence-corrected chi connectivity index (χ2v) is 6.90. The van der Waals surface area contributed by atoms with Crippen molar-refractivity contribution < 1.29 is 37.6 Å². The molecule has 0 bridgehead atoms. The molecule has 0 aliphatic heterocycles. The van der Waals surface area contributed by atoms with Crippen LogP contribution in [0.4, 0.5) is 9.59 Å². The standard InChI is InChI=1S/C16H27O8P/c17-15(23-13-7-3-1-4-8-13)19-11-21-25-22-12-20-16(18)24-14-9-5-2-6-10-14/h13-14,25H,1-12H2. The van der Waals surface area contributed by atoms with E-state index >= 15 is 0 Å². The van der Waals surface area contributed by atoms with Crippen LogP contribution in [0.5, 0.6) is 0 Å². The highest BCUT2D eigenvalue weighted by molar-refractivity contribution is 7.26. The lowest BCUT2D eigenvalue weighted by Crippen LogP contribution is -2.22. The summed E-state index contributed by atoms with van der Waals surface area (Å²) in [4.78, 5) is 22.9. The Morgan fingerprint density at radius 1 is 0.680 bits per heavy atom. The predicted octanol–water partition coefficient (Wildman–Crippen LogP) is 4.41. The molecule has 0 amide bonds. The quantitative estimate of drug-likeness (QED) is 0.265. The first-order chi connectivity index (χ1) is 12.2. The van der Waals surface area contributed by atoms with E-state index in [4.69, 9.17) is 28.0 Å². The summed E-state index contributed by atoms with van der Waals surface area (Å²) in [5.74, 6) is 0. The van der Waals surface area contributed by atoms with Gasteiger partial charge in [0, 0.05) is 0 Å². The number of ether oxygens (including phenoxy) is 4. The van der Waals surface area contributed by atoms with Gasteiger partial charge < -0.3 is 18.9 Å². The van der Waals surface area contributed by atoms with E-state index in [0.717, 1.165) is 51.4 Å². The van der Waals surface area contributed by atoms with E-state index in [9.17, 15) is 9.59 Å². The van der Waals surface area contributed by atoms with Gasteiger partial charge in [0.05, 0.1) is 0 Å². The third-order valence-corrected chi connectivity index (χ3v) is 4.69. The van der Waals surface area contributed by atoms with Crippen molar-refractivity contribution in [2.75, 3.05) is 13.6 Å². The van der Waals surface area contributed by atoms with Crippen LogP contribution in [-0.2, 0) is 28.0 Å². The van der Waals surface area contributed by atoms with Crippen molar-refractivity contribution in [2.45, 2.75) is 76.4 Å². The lowest BCUT2D eigenvalue weighted by atomic mass is 9.98. The minimum Gasteiger partial charge on any atom is -0.431 e. The minimum atomic E-state index is -0.732. The molecule has 2 rings (SSSR count). The molecule has 0 spiro atoms. The van der Waals surface area contributed by atoms with E-state index in [1.165, 1.54) is 12.8 Å². The zero-order valence-electron chi connectivity index (χ0n) is 14.4. The van der Waals surface area contributed by atoms with E-state index in [1.54, 1.807) is 0 Å². The van der Waals surface area contributed by atoms with Gasteiger partial charge in [0.15, 0.2) is 9.03 Å². The zero-order valence-corrected chi connectivity index (χ0v) is 15.4. The molecule has 0 unspecified atom stereocenters. The van der Waals surface area contributed by atoms with Gasteiger partial charge in [-0.1, -0.05) is 12.8 Å². The number of rotatable bonds is 8. The molecule has 9 heteroatoms. The van der Waals surface area contributed by atoms with Gasteiger partial charge >= 0.3 is 12.3 Å². The van der Waals surface area contributed by atoms with Crippen molar-refractivity contribution >= 4 is 21.3 Å². The van der Waals surface area contributed by atoms with Gasteiger partial charge in [0.2, 0.25) is 13.6 Å². The Morgan fingerprint density at radius 2 is 1.08 bits per heavy atom. The molecule has 0 aromatic rings. The number of hydrogen-bond donors (Lipinski definition) is 0. The highest BCUT2D eigenvalue weighted by Gasteiger charge is 2.19. The van der Waals surface area contributed by atoms with E-state index < -0.39 is 21.3 Å².